The fraction of sp³-hybridized carbons (Fsp3) is 0.333. The van der Waals surface area contributed by atoms with Crippen LogP contribution in [0.1, 0.15) is 29.6 Å². The van der Waals surface area contributed by atoms with Crippen molar-refractivity contribution in [3.63, 3.8) is 0 Å². The second-order valence-corrected chi connectivity index (χ2v) is 8.03. The van der Waals surface area contributed by atoms with E-state index in [1.807, 2.05) is 15.8 Å². The van der Waals surface area contributed by atoms with E-state index < -0.39 is 23.9 Å². The number of benzene rings is 1. The van der Waals surface area contributed by atoms with Gasteiger partial charge in [-0.2, -0.15) is 4.98 Å². The molecule has 0 fully saturated rings. The highest BCUT2D eigenvalue weighted by molar-refractivity contribution is 5.97. The lowest BCUT2D eigenvalue weighted by atomic mass is 10.1. The maximum absolute atomic E-state index is 12.5. The van der Waals surface area contributed by atoms with E-state index in [-0.39, 0.29) is 36.0 Å². The van der Waals surface area contributed by atoms with Gasteiger partial charge in [0.05, 0.1) is 13.1 Å². The Balaban J connectivity index is 1.52. The number of aromatic nitrogens is 2. The molecule has 2 aromatic rings. The van der Waals surface area contributed by atoms with Gasteiger partial charge >= 0.3 is 17.5 Å². The van der Waals surface area contributed by atoms with Gasteiger partial charge in [-0.1, -0.05) is 0 Å². The molecular formula is C21H24N7O6+. The first-order valence-electron chi connectivity index (χ1n) is 10.6. The first-order chi connectivity index (χ1) is 16.2. The first kappa shape index (κ1) is 22.8. The average Bonchev–Trinajstić information content (AvgIpc) is 2.80. The molecule has 2 atom stereocenters. The number of hydrogen-bond donors (Lipinski definition) is 6. The van der Waals surface area contributed by atoms with Crippen molar-refractivity contribution in [1.29, 1.82) is 0 Å². The van der Waals surface area contributed by atoms with E-state index in [1.165, 1.54) is 0 Å². The van der Waals surface area contributed by atoms with Crippen molar-refractivity contribution in [2.24, 2.45) is 0 Å². The van der Waals surface area contributed by atoms with Crippen molar-refractivity contribution < 1.29 is 29.2 Å². The highest BCUT2D eigenvalue weighted by Crippen LogP contribution is 2.28. The van der Waals surface area contributed by atoms with Gasteiger partial charge in [-0.25, -0.2) is 14.3 Å². The summed E-state index contributed by atoms with van der Waals surface area (Å²) in [5, 5.41) is 23.5. The molecule has 7 N–H and O–H groups in total. The average molecular weight is 470 g/mol. The number of carboxylic acid groups (broad SMARTS) is 2. The summed E-state index contributed by atoms with van der Waals surface area (Å²) >= 11 is 0. The van der Waals surface area contributed by atoms with Crippen molar-refractivity contribution >= 4 is 47.3 Å². The summed E-state index contributed by atoms with van der Waals surface area (Å²) in [6, 6.07) is 5.31. The van der Waals surface area contributed by atoms with Crippen molar-refractivity contribution in [1.82, 2.24) is 15.3 Å². The lowest BCUT2D eigenvalue weighted by Gasteiger charge is -2.31. The minimum atomic E-state index is -1.30. The summed E-state index contributed by atoms with van der Waals surface area (Å²) in [5.41, 5.74) is 6.70. The van der Waals surface area contributed by atoms with Gasteiger partial charge in [0.25, 0.3) is 5.91 Å². The summed E-state index contributed by atoms with van der Waals surface area (Å²) in [6.45, 7) is 1.29. The third kappa shape index (κ3) is 4.67. The van der Waals surface area contributed by atoms with Crippen LogP contribution in [0.4, 0.5) is 23.1 Å². The molecule has 1 aromatic heterocycles. The second-order valence-electron chi connectivity index (χ2n) is 8.03. The van der Waals surface area contributed by atoms with Crippen molar-refractivity contribution in [2.45, 2.75) is 31.3 Å². The van der Waals surface area contributed by atoms with E-state index in [0.29, 0.717) is 24.6 Å². The van der Waals surface area contributed by atoms with Crippen LogP contribution in [0.25, 0.3) is 0 Å². The summed E-state index contributed by atoms with van der Waals surface area (Å²) in [7, 11) is 0. The Morgan fingerprint density at radius 3 is 2.68 bits per heavy atom. The molecule has 0 aliphatic carbocycles. The van der Waals surface area contributed by atoms with Crippen LogP contribution in [-0.4, -0.2) is 74.1 Å². The Morgan fingerprint density at radius 2 is 2.00 bits per heavy atom. The Labute approximate surface area is 192 Å². The van der Waals surface area contributed by atoms with E-state index in [4.69, 9.17) is 10.8 Å². The zero-order chi connectivity index (χ0) is 24.4. The highest BCUT2D eigenvalue weighted by atomic mass is 16.4. The Kier molecular flexibility index (Phi) is 6.17. The zero-order valence-corrected chi connectivity index (χ0v) is 18.0. The smallest absolute Gasteiger partial charge is 0.326 e. The number of carboxylic acids is 2. The van der Waals surface area contributed by atoms with Crippen LogP contribution < -0.4 is 26.8 Å². The molecule has 1 amide bonds. The fourth-order valence-corrected chi connectivity index (χ4v) is 4.00. The molecule has 0 unspecified atom stereocenters. The van der Waals surface area contributed by atoms with Crippen LogP contribution in [0.15, 0.2) is 29.1 Å². The van der Waals surface area contributed by atoms with Crippen LogP contribution >= 0.6 is 0 Å². The SMILES string of the molecule is Nc1nc2c(c(=O)[nH]1)[N+]1=CN(c3ccc(C(=O)N[C@@H](CCC(=O)O)C(=O)O)cc3)CC[C@@H]1CN2. The number of rotatable bonds is 7. The van der Waals surface area contributed by atoms with Gasteiger partial charge in [0.2, 0.25) is 18.0 Å². The monoisotopic (exact) mass is 470 g/mol. The molecule has 4 rings (SSSR count). The molecule has 0 bridgehead atoms. The number of nitrogens with one attached hydrogen (secondary N) is 3. The van der Waals surface area contributed by atoms with Gasteiger partial charge in [-0.05, 0) is 30.7 Å². The zero-order valence-electron chi connectivity index (χ0n) is 18.0. The lowest BCUT2D eigenvalue weighted by molar-refractivity contribution is -0.485. The molecular weight excluding hydrogens is 446 g/mol. The number of amides is 1. The molecule has 3 heterocycles. The normalized spacial score (nSPS) is 17.5. The first-order valence-corrected chi connectivity index (χ1v) is 10.6. The van der Waals surface area contributed by atoms with Gasteiger partial charge in [0, 0.05) is 18.4 Å². The molecule has 2 aliphatic rings. The molecule has 0 spiro atoms. The van der Waals surface area contributed by atoms with Gasteiger partial charge < -0.3 is 26.6 Å². The number of nitrogens with two attached hydrogens (primary N) is 1. The number of anilines is 3. The number of carbonyl (C=O) groups excluding carboxylic acids is 1. The van der Waals surface area contributed by atoms with Gasteiger partial charge in [0.15, 0.2) is 5.82 Å². The summed E-state index contributed by atoms with van der Waals surface area (Å²) in [4.78, 5) is 55.6. The number of H-pyrrole nitrogens is 1. The molecule has 13 nitrogen and oxygen atoms in total. The second kappa shape index (κ2) is 9.21. The van der Waals surface area contributed by atoms with E-state index in [1.54, 1.807) is 24.3 Å². The summed E-state index contributed by atoms with van der Waals surface area (Å²) in [5.74, 6) is -2.60. The molecule has 13 heteroatoms. The lowest BCUT2D eigenvalue weighted by Crippen LogP contribution is -2.47. The quantitative estimate of drug-likeness (QED) is 0.294. The molecule has 2 aliphatic heterocycles. The van der Waals surface area contributed by atoms with Crippen LogP contribution in [-0.2, 0) is 9.59 Å². The topological polar surface area (TPSA) is 194 Å². The van der Waals surface area contributed by atoms with Crippen LogP contribution in [0.2, 0.25) is 0 Å². The molecule has 0 saturated carbocycles. The van der Waals surface area contributed by atoms with E-state index in [0.717, 1.165) is 12.1 Å². The van der Waals surface area contributed by atoms with E-state index in [9.17, 15) is 24.3 Å². The van der Waals surface area contributed by atoms with Crippen LogP contribution in [0.3, 0.4) is 0 Å². The third-order valence-electron chi connectivity index (χ3n) is 5.75. The minimum Gasteiger partial charge on any atom is -0.481 e. The molecule has 1 aromatic carbocycles. The van der Waals surface area contributed by atoms with E-state index in [2.05, 4.69) is 20.6 Å². The van der Waals surface area contributed by atoms with Crippen LogP contribution in [0.5, 0.6) is 0 Å². The molecule has 0 saturated heterocycles. The number of nitrogen functional groups attached to an aromatic ring is 1. The molecule has 178 valence electrons. The van der Waals surface area contributed by atoms with Crippen LogP contribution in [0, 0.1) is 0 Å². The molecule has 0 radical (unpaired) electrons. The van der Waals surface area contributed by atoms with Crippen molar-refractivity contribution in [2.75, 3.05) is 29.0 Å². The number of aliphatic carboxylic acids is 2. The molecule has 34 heavy (non-hydrogen) atoms. The standard InChI is InChI=1S/C21H23N7O6/c22-21-25-17-16(19(32)26-21)28-10-27(8-7-13(28)9-23-17)12-3-1-11(2-4-12)18(31)24-14(20(33)34)5-6-15(29)30/h1-4,10,13-14H,5-9H2,(H6-,22,23,24,25,26,29,30,31,32,33,34)/p+1/t13-,14+/m1/s1. The number of aromatic amines is 1. The highest BCUT2D eigenvalue weighted by Gasteiger charge is 2.36. The maximum atomic E-state index is 12.5. The third-order valence-corrected chi connectivity index (χ3v) is 5.75. The fourth-order valence-electron chi connectivity index (χ4n) is 4.00. The van der Waals surface area contributed by atoms with Gasteiger partial charge in [-0.3, -0.25) is 19.4 Å². The van der Waals surface area contributed by atoms with Gasteiger partial charge in [-0.15, -0.1) is 0 Å². The largest absolute Gasteiger partial charge is 0.481 e. The predicted octanol–water partition coefficient (Wildman–Crippen LogP) is -0.223. The number of fused-ring (bicyclic) bond motifs is 3. The number of nitrogens with zero attached hydrogens (tertiary/aromatic N) is 3. The summed E-state index contributed by atoms with van der Waals surface area (Å²) in [6.07, 6.45) is 1.99. The Hall–Kier alpha value is -4.42. The van der Waals surface area contributed by atoms with Crippen molar-refractivity contribution in [3.05, 3.63) is 40.2 Å². The van der Waals surface area contributed by atoms with Gasteiger partial charge in [0.1, 0.15) is 17.8 Å². The maximum Gasteiger partial charge on any atom is 0.326 e. The number of carbonyl (C=O) groups is 3. The van der Waals surface area contributed by atoms with Crippen molar-refractivity contribution in [3.8, 4) is 0 Å². The van der Waals surface area contributed by atoms with E-state index >= 15 is 0 Å². The Morgan fingerprint density at radius 1 is 1.26 bits per heavy atom. The predicted molar refractivity (Wildman–Crippen MR) is 122 cm³/mol. The summed E-state index contributed by atoms with van der Waals surface area (Å²) < 4.78 is 1.86. The number of hydrogen-bond acceptors (Lipinski definition) is 8. The Bertz CT molecular complexity index is 1220. The minimum absolute atomic E-state index is 0.0329.